The van der Waals surface area contributed by atoms with Crippen molar-refractivity contribution in [3.8, 4) is 0 Å². The molecule has 5 rings (SSSR count). The summed E-state index contributed by atoms with van der Waals surface area (Å²) >= 11 is 1.48. The van der Waals surface area contributed by atoms with Crippen LogP contribution in [-0.4, -0.2) is 53.7 Å². The van der Waals surface area contributed by atoms with Crippen LogP contribution in [0.4, 0.5) is 0 Å². The number of hydrogen-bond donors (Lipinski definition) is 2. The van der Waals surface area contributed by atoms with E-state index in [0.717, 1.165) is 39.6 Å². The second-order valence-electron chi connectivity index (χ2n) is 7.95. The lowest BCUT2D eigenvalue weighted by molar-refractivity contribution is -0.0323. The van der Waals surface area contributed by atoms with Crippen molar-refractivity contribution < 1.29 is 14.6 Å². The van der Waals surface area contributed by atoms with Gasteiger partial charge in [0.15, 0.2) is 0 Å². The summed E-state index contributed by atoms with van der Waals surface area (Å²) in [6, 6.07) is 18.5. The second-order valence-corrected chi connectivity index (χ2v) is 9.00. The Morgan fingerprint density at radius 1 is 1.22 bits per heavy atom. The highest BCUT2D eigenvalue weighted by molar-refractivity contribution is 7.21. The molecule has 2 aromatic heterocycles. The van der Waals surface area contributed by atoms with Crippen molar-refractivity contribution in [3.05, 3.63) is 76.8 Å². The Morgan fingerprint density at radius 3 is 3.03 bits per heavy atom. The number of thiophene rings is 1. The van der Waals surface area contributed by atoms with Crippen LogP contribution in [0.15, 0.2) is 60.8 Å². The topological polar surface area (TPSA) is 74.7 Å². The minimum absolute atomic E-state index is 0.0824. The lowest BCUT2D eigenvalue weighted by Gasteiger charge is -2.33. The van der Waals surface area contributed by atoms with E-state index in [4.69, 9.17) is 9.84 Å². The van der Waals surface area contributed by atoms with Gasteiger partial charge < -0.3 is 15.2 Å². The molecule has 1 aliphatic heterocycles. The molecule has 164 valence electrons. The van der Waals surface area contributed by atoms with Crippen LogP contribution in [-0.2, 0) is 11.3 Å². The second kappa shape index (κ2) is 9.34. The average Bonchev–Trinajstić information content (AvgIpc) is 3.22. The number of carbonyl (C=O) groups excluding carboxylic acids is 1. The normalized spacial score (nSPS) is 17.1. The molecule has 4 aromatic rings. The number of amides is 1. The maximum Gasteiger partial charge on any atom is 0.261 e. The molecule has 1 aliphatic rings. The zero-order valence-electron chi connectivity index (χ0n) is 17.7. The number of aliphatic hydroxyl groups is 1. The van der Waals surface area contributed by atoms with E-state index >= 15 is 0 Å². The monoisotopic (exact) mass is 447 g/mol. The molecule has 32 heavy (non-hydrogen) atoms. The fourth-order valence-corrected chi connectivity index (χ4v) is 5.48. The summed E-state index contributed by atoms with van der Waals surface area (Å²) in [6.45, 7) is 3.14. The van der Waals surface area contributed by atoms with Crippen LogP contribution in [0.2, 0.25) is 0 Å². The van der Waals surface area contributed by atoms with Crippen LogP contribution < -0.4 is 5.32 Å². The average molecular weight is 448 g/mol. The van der Waals surface area contributed by atoms with Gasteiger partial charge in [-0.1, -0.05) is 30.3 Å². The predicted molar refractivity (Wildman–Crippen MR) is 127 cm³/mol. The molecule has 1 amide bonds. The summed E-state index contributed by atoms with van der Waals surface area (Å²) in [5.41, 5.74) is 3.19. The molecule has 1 fully saturated rings. The van der Waals surface area contributed by atoms with Gasteiger partial charge in [0.25, 0.3) is 5.91 Å². The first-order chi connectivity index (χ1) is 15.7. The Morgan fingerprint density at radius 2 is 2.12 bits per heavy atom. The van der Waals surface area contributed by atoms with Crippen LogP contribution in [0, 0.1) is 0 Å². The van der Waals surface area contributed by atoms with Crippen molar-refractivity contribution in [3.63, 3.8) is 0 Å². The van der Waals surface area contributed by atoms with Crippen molar-refractivity contribution in [1.82, 2.24) is 15.2 Å². The highest BCUT2D eigenvalue weighted by Gasteiger charge is 2.29. The first-order valence-electron chi connectivity index (χ1n) is 10.8. The molecule has 2 aromatic carbocycles. The first kappa shape index (κ1) is 21.0. The third kappa shape index (κ3) is 4.25. The molecule has 2 N–H and O–H groups in total. The summed E-state index contributed by atoms with van der Waals surface area (Å²) in [5, 5.41) is 14.1. The fourth-order valence-electron chi connectivity index (χ4n) is 4.31. The van der Waals surface area contributed by atoms with Gasteiger partial charge in [0.2, 0.25) is 0 Å². The van der Waals surface area contributed by atoms with Crippen molar-refractivity contribution in [2.45, 2.75) is 12.6 Å². The van der Waals surface area contributed by atoms with Crippen molar-refractivity contribution in [1.29, 1.82) is 0 Å². The Labute approximate surface area is 190 Å². The number of fused-ring (bicyclic) bond motifs is 2. The Bertz CT molecular complexity index is 1260. The molecule has 0 spiro atoms. The molecular formula is C25H25N3O3S. The largest absolute Gasteiger partial charge is 0.395 e. The van der Waals surface area contributed by atoms with E-state index in [1.54, 1.807) is 0 Å². The number of hydrogen-bond acceptors (Lipinski definition) is 6. The van der Waals surface area contributed by atoms with Gasteiger partial charge in [0.1, 0.15) is 0 Å². The Kier molecular flexibility index (Phi) is 6.14. The summed E-state index contributed by atoms with van der Waals surface area (Å²) < 4.78 is 7.26. The van der Waals surface area contributed by atoms with Crippen molar-refractivity contribution >= 4 is 38.2 Å². The van der Waals surface area contributed by atoms with E-state index in [9.17, 15) is 4.79 Å². The lowest BCUT2D eigenvalue weighted by atomic mass is 10.0. The van der Waals surface area contributed by atoms with E-state index in [-0.39, 0.29) is 25.2 Å². The van der Waals surface area contributed by atoms with Gasteiger partial charge in [-0.2, -0.15) is 0 Å². The minimum Gasteiger partial charge on any atom is -0.395 e. The van der Waals surface area contributed by atoms with Gasteiger partial charge in [0.05, 0.1) is 29.7 Å². The molecule has 6 nitrogen and oxygen atoms in total. The zero-order valence-corrected chi connectivity index (χ0v) is 18.5. The van der Waals surface area contributed by atoms with Crippen LogP contribution >= 0.6 is 11.3 Å². The number of ether oxygens (including phenoxy) is 1. The number of pyridine rings is 1. The number of nitrogens with zero attached hydrogens (tertiary/aromatic N) is 2. The molecule has 1 saturated heterocycles. The third-order valence-corrected chi connectivity index (χ3v) is 6.97. The lowest BCUT2D eigenvalue weighted by Crippen LogP contribution is -2.38. The van der Waals surface area contributed by atoms with Gasteiger partial charge >= 0.3 is 0 Å². The molecule has 0 bridgehead atoms. The summed E-state index contributed by atoms with van der Waals surface area (Å²) in [4.78, 5) is 20.3. The Hall–Kier alpha value is -2.84. The summed E-state index contributed by atoms with van der Waals surface area (Å²) in [7, 11) is 0. The maximum atomic E-state index is 12.8. The van der Waals surface area contributed by atoms with Gasteiger partial charge in [-0.3, -0.25) is 14.7 Å². The van der Waals surface area contributed by atoms with Crippen LogP contribution in [0.3, 0.4) is 0 Å². The Balaban J connectivity index is 1.41. The van der Waals surface area contributed by atoms with Gasteiger partial charge in [-0.05, 0) is 35.2 Å². The van der Waals surface area contributed by atoms with E-state index in [1.807, 2.05) is 30.5 Å². The molecule has 7 heteroatoms. The van der Waals surface area contributed by atoms with Crippen LogP contribution in [0.25, 0.3) is 21.0 Å². The van der Waals surface area contributed by atoms with Gasteiger partial charge in [-0.15, -0.1) is 11.3 Å². The number of benzene rings is 2. The minimum atomic E-state index is -0.183. The molecule has 3 heterocycles. The standard InChI is InChI=1S/C25H25N3O3S/c29-12-10-27-25(30)24-23(19-5-1-2-6-22(19)32-24)21-16-28(11-13-31-21)15-17-7-8-20-18(14-17)4-3-9-26-20/h1-9,14,21,29H,10-13,15-16H2,(H,27,30). The van der Waals surface area contributed by atoms with Gasteiger partial charge in [-0.25, -0.2) is 0 Å². The van der Waals surface area contributed by atoms with E-state index in [2.05, 4.69) is 45.5 Å². The van der Waals surface area contributed by atoms with Crippen LogP contribution in [0.5, 0.6) is 0 Å². The van der Waals surface area contributed by atoms with Crippen molar-refractivity contribution in [2.75, 3.05) is 32.8 Å². The number of aliphatic hydroxyl groups excluding tert-OH is 1. The van der Waals surface area contributed by atoms with E-state index < -0.39 is 0 Å². The fraction of sp³-hybridized carbons (Fsp3) is 0.280. The third-order valence-electron chi connectivity index (χ3n) is 5.78. The van der Waals surface area contributed by atoms with E-state index in [0.29, 0.717) is 18.0 Å². The number of aromatic nitrogens is 1. The van der Waals surface area contributed by atoms with Crippen molar-refractivity contribution in [2.24, 2.45) is 0 Å². The summed E-state index contributed by atoms with van der Waals surface area (Å²) in [6.07, 6.45) is 1.63. The first-order valence-corrected chi connectivity index (χ1v) is 11.6. The van der Waals surface area contributed by atoms with Gasteiger partial charge in [0, 0.05) is 48.0 Å². The molecule has 1 atom stereocenters. The number of nitrogens with one attached hydrogen (secondary N) is 1. The number of rotatable bonds is 6. The van der Waals surface area contributed by atoms with Crippen LogP contribution in [0.1, 0.15) is 26.9 Å². The molecule has 0 saturated carbocycles. The molecule has 1 unspecified atom stereocenters. The SMILES string of the molecule is O=C(NCCO)c1sc2ccccc2c1C1CN(Cc2ccc3ncccc3c2)CCO1. The molecule has 0 aliphatic carbocycles. The smallest absolute Gasteiger partial charge is 0.261 e. The highest BCUT2D eigenvalue weighted by atomic mass is 32.1. The maximum absolute atomic E-state index is 12.8. The quantitative estimate of drug-likeness (QED) is 0.471. The zero-order chi connectivity index (χ0) is 21.9. The summed E-state index contributed by atoms with van der Waals surface area (Å²) in [5.74, 6) is -0.155. The molecule has 0 radical (unpaired) electrons. The molecular weight excluding hydrogens is 422 g/mol. The number of carbonyl (C=O) groups is 1. The van der Waals surface area contributed by atoms with E-state index in [1.165, 1.54) is 16.9 Å². The highest BCUT2D eigenvalue weighted by Crippen LogP contribution is 2.38. The predicted octanol–water partition coefficient (Wildman–Crippen LogP) is 3.75. The number of morpholine rings is 1.